The molecule has 0 saturated heterocycles. The van der Waals surface area contributed by atoms with Gasteiger partial charge in [0.15, 0.2) is 0 Å². The van der Waals surface area contributed by atoms with E-state index >= 15 is 0 Å². The van der Waals surface area contributed by atoms with Crippen LogP contribution in [-0.4, -0.2) is 9.13 Å². The Balaban J connectivity index is 0.751. The number of aromatic nitrogens is 2. The number of rotatable bonds is 9. The van der Waals surface area contributed by atoms with Crippen LogP contribution in [0.1, 0.15) is 49.9 Å². The number of anilines is 3. The molecule has 0 atom stereocenters. The minimum absolute atomic E-state index is 0.145. The molecule has 13 aromatic carbocycles. The lowest BCUT2D eigenvalue weighted by Crippen LogP contribution is -2.16. The lowest BCUT2D eigenvalue weighted by molar-refractivity contribution is 0.660. The Morgan fingerprint density at radius 2 is 0.747 bits per heavy atom. The molecule has 2 aliphatic rings. The van der Waals surface area contributed by atoms with Gasteiger partial charge in [-0.05, 0) is 168 Å². The minimum Gasteiger partial charge on any atom is -0.310 e. The van der Waals surface area contributed by atoms with Crippen LogP contribution < -0.4 is 4.90 Å². The molecule has 0 unspecified atom stereocenters. The topological polar surface area (TPSA) is 13.1 Å². The summed E-state index contributed by atoms with van der Waals surface area (Å²) >= 11 is 0. The smallest absolute Gasteiger partial charge is 0.0620 e. The van der Waals surface area contributed by atoms with E-state index in [4.69, 9.17) is 0 Å². The Morgan fingerprint density at radius 1 is 0.264 bits per heavy atom. The van der Waals surface area contributed by atoms with Crippen molar-refractivity contribution in [2.45, 2.75) is 38.5 Å². The monoisotopic (exact) mass is 1110 g/mol. The Hall–Kier alpha value is -10.7. The predicted octanol–water partition coefficient (Wildman–Crippen LogP) is 22.6. The van der Waals surface area contributed by atoms with Crippen molar-refractivity contribution in [3.05, 3.63) is 320 Å². The maximum Gasteiger partial charge on any atom is 0.0620 e. The molecule has 0 fully saturated rings. The Labute approximate surface area is 508 Å². The fourth-order valence-electron chi connectivity index (χ4n) is 15.1. The predicted molar refractivity (Wildman–Crippen MR) is 367 cm³/mol. The van der Waals surface area contributed by atoms with Gasteiger partial charge < -0.3 is 14.0 Å². The molecular weight excluding hydrogens is 1050 g/mol. The van der Waals surface area contributed by atoms with Gasteiger partial charge >= 0.3 is 0 Å². The molecule has 15 aromatic rings. The summed E-state index contributed by atoms with van der Waals surface area (Å²) in [5.41, 5.74) is 29.2. The van der Waals surface area contributed by atoms with E-state index < -0.39 is 0 Å². The quantitative estimate of drug-likeness (QED) is 0.140. The number of hydrogen-bond donors (Lipinski definition) is 0. The summed E-state index contributed by atoms with van der Waals surface area (Å²) in [7, 11) is 0. The standard InChI is InChI=1S/C84H61N3/c1-83(2)74-34-19-17-30-66(74)69-46-42-63(53-77(69)83)85(62-43-49-79-73(52-62)70-31-18-20-35-78(70)86(79)59-26-13-7-14-27-59)61-40-36-54(37-41-61)57-38-44-67-68-45-39-58(51-76(68)84(3,4)75(67)50-57)64-32-21-33-71-65(64)47-48-72-80(55-22-9-5-10-23-55)81(56-24-11-6-12-25-56)87(82(71)72)60-28-15-8-16-29-60/h5-53H,1-4H3. The molecule has 3 nitrogen and oxygen atoms in total. The molecule has 2 aromatic heterocycles. The van der Waals surface area contributed by atoms with Gasteiger partial charge in [-0.25, -0.2) is 0 Å². The molecule has 0 radical (unpaired) electrons. The van der Waals surface area contributed by atoms with E-state index in [1.807, 2.05) is 0 Å². The van der Waals surface area contributed by atoms with Crippen LogP contribution in [0.15, 0.2) is 297 Å². The van der Waals surface area contributed by atoms with Crippen molar-refractivity contribution in [2.75, 3.05) is 4.90 Å². The van der Waals surface area contributed by atoms with E-state index in [0.29, 0.717) is 0 Å². The first kappa shape index (κ1) is 50.7. The van der Waals surface area contributed by atoms with Gasteiger partial charge in [0.2, 0.25) is 0 Å². The summed E-state index contributed by atoms with van der Waals surface area (Å²) in [6.07, 6.45) is 0. The van der Waals surface area contributed by atoms with Gasteiger partial charge in [0, 0.05) is 66.4 Å². The van der Waals surface area contributed by atoms with Gasteiger partial charge in [0.1, 0.15) is 0 Å². The summed E-state index contributed by atoms with van der Waals surface area (Å²) < 4.78 is 4.90. The average molecular weight is 1110 g/mol. The third-order valence-electron chi connectivity index (χ3n) is 19.3. The molecule has 3 heteroatoms. The molecule has 0 aliphatic heterocycles. The summed E-state index contributed by atoms with van der Waals surface area (Å²) in [5, 5.41) is 6.15. The van der Waals surface area contributed by atoms with Gasteiger partial charge in [-0.1, -0.05) is 240 Å². The van der Waals surface area contributed by atoms with Crippen molar-refractivity contribution < 1.29 is 0 Å². The second-order valence-electron chi connectivity index (χ2n) is 24.8. The van der Waals surface area contributed by atoms with Crippen molar-refractivity contribution in [1.29, 1.82) is 0 Å². The van der Waals surface area contributed by atoms with Crippen molar-refractivity contribution in [3.8, 4) is 78.3 Å². The van der Waals surface area contributed by atoms with E-state index in [2.05, 4.69) is 339 Å². The summed E-state index contributed by atoms with van der Waals surface area (Å²) in [4.78, 5) is 2.46. The minimum atomic E-state index is -0.244. The lowest BCUT2D eigenvalue weighted by Gasteiger charge is -2.28. The van der Waals surface area contributed by atoms with Crippen LogP contribution in [0.25, 0.3) is 122 Å². The van der Waals surface area contributed by atoms with Gasteiger partial charge in [0.05, 0.1) is 22.2 Å². The van der Waals surface area contributed by atoms with Gasteiger partial charge in [0.25, 0.3) is 0 Å². The first-order valence-electron chi connectivity index (χ1n) is 30.5. The SMILES string of the molecule is CC1(C)c2cc(-c3ccc(N(c4ccc5c(c4)C(C)(C)c4ccccc4-5)c4ccc5c(c4)c4ccccc4n5-c4ccccc4)cc3)ccc2-c2ccc(-c3cccc4c3ccc3c(-c5ccccc5)c(-c5ccccc5)n(-c5ccccc5)c34)cc21. The zero-order chi connectivity index (χ0) is 58.1. The molecule has 17 rings (SSSR count). The number of benzene rings is 13. The third-order valence-corrected chi connectivity index (χ3v) is 19.3. The van der Waals surface area contributed by atoms with Crippen molar-refractivity contribution in [2.24, 2.45) is 0 Å². The molecule has 0 bridgehead atoms. The first-order chi connectivity index (χ1) is 42.7. The third kappa shape index (κ3) is 7.75. The molecule has 2 heterocycles. The fourth-order valence-corrected chi connectivity index (χ4v) is 15.1. The highest BCUT2D eigenvalue weighted by molar-refractivity contribution is 6.18. The zero-order valence-corrected chi connectivity index (χ0v) is 49.1. The maximum absolute atomic E-state index is 2.50. The van der Waals surface area contributed by atoms with Crippen LogP contribution in [-0.2, 0) is 10.8 Å². The number of para-hydroxylation sites is 3. The summed E-state index contributed by atoms with van der Waals surface area (Å²) in [6.45, 7) is 9.56. The molecule has 412 valence electrons. The summed E-state index contributed by atoms with van der Waals surface area (Å²) in [5.74, 6) is 0. The Bertz CT molecular complexity index is 5240. The lowest BCUT2D eigenvalue weighted by atomic mass is 9.80. The van der Waals surface area contributed by atoms with Crippen molar-refractivity contribution >= 4 is 60.5 Å². The molecule has 0 saturated carbocycles. The number of nitrogens with zero attached hydrogens (tertiary/aromatic N) is 3. The normalized spacial score (nSPS) is 13.5. The Kier molecular flexibility index (Phi) is 11.3. The average Bonchev–Trinajstić information content (AvgIpc) is 1.74. The highest BCUT2D eigenvalue weighted by Crippen LogP contribution is 2.54. The van der Waals surface area contributed by atoms with E-state index in [0.717, 1.165) is 28.4 Å². The molecule has 0 N–H and O–H groups in total. The molecular formula is C84H61N3. The molecule has 0 amide bonds. The maximum atomic E-state index is 2.50. The second kappa shape index (κ2) is 19.4. The van der Waals surface area contributed by atoms with Gasteiger partial charge in [-0.3, -0.25) is 0 Å². The fraction of sp³-hybridized carbons (Fsp3) is 0.0714. The molecule has 87 heavy (non-hydrogen) atoms. The van der Waals surface area contributed by atoms with Crippen molar-refractivity contribution in [1.82, 2.24) is 9.13 Å². The highest BCUT2D eigenvalue weighted by atomic mass is 15.1. The van der Waals surface area contributed by atoms with E-state index in [1.165, 1.54) is 133 Å². The van der Waals surface area contributed by atoms with Gasteiger partial charge in [-0.15, -0.1) is 0 Å². The van der Waals surface area contributed by atoms with Crippen LogP contribution in [0.4, 0.5) is 17.1 Å². The van der Waals surface area contributed by atoms with Gasteiger partial charge in [-0.2, -0.15) is 0 Å². The summed E-state index contributed by atoms with van der Waals surface area (Å²) in [6, 6.07) is 111. The zero-order valence-electron chi connectivity index (χ0n) is 49.1. The molecule has 2 aliphatic carbocycles. The van der Waals surface area contributed by atoms with Crippen molar-refractivity contribution in [3.63, 3.8) is 0 Å². The highest BCUT2D eigenvalue weighted by Gasteiger charge is 2.38. The van der Waals surface area contributed by atoms with Crippen LogP contribution in [0.3, 0.4) is 0 Å². The molecule has 0 spiro atoms. The number of fused-ring (bicyclic) bond motifs is 12. The van der Waals surface area contributed by atoms with Crippen LogP contribution in [0.2, 0.25) is 0 Å². The van der Waals surface area contributed by atoms with Crippen LogP contribution in [0, 0.1) is 0 Å². The largest absolute Gasteiger partial charge is 0.310 e. The van der Waals surface area contributed by atoms with E-state index in [-0.39, 0.29) is 10.8 Å². The Morgan fingerprint density at radius 3 is 1.47 bits per heavy atom. The number of hydrogen-bond acceptors (Lipinski definition) is 1. The van der Waals surface area contributed by atoms with E-state index in [1.54, 1.807) is 0 Å². The van der Waals surface area contributed by atoms with Crippen LogP contribution >= 0.6 is 0 Å². The second-order valence-corrected chi connectivity index (χ2v) is 24.8. The first-order valence-corrected chi connectivity index (χ1v) is 30.5. The van der Waals surface area contributed by atoms with E-state index in [9.17, 15) is 0 Å². The van der Waals surface area contributed by atoms with Crippen LogP contribution in [0.5, 0.6) is 0 Å².